The summed E-state index contributed by atoms with van der Waals surface area (Å²) >= 11 is 5.97. The van der Waals surface area contributed by atoms with E-state index in [-0.39, 0.29) is 26.8 Å². The molecule has 0 atom stereocenters. The Morgan fingerprint density at radius 3 is 2.29 bits per heavy atom. The summed E-state index contributed by atoms with van der Waals surface area (Å²) in [6, 6.07) is 19.3. The number of benzene rings is 3. The van der Waals surface area contributed by atoms with Gasteiger partial charge in [0.1, 0.15) is 16.2 Å². The third-order valence-electron chi connectivity index (χ3n) is 5.68. The highest BCUT2D eigenvalue weighted by molar-refractivity contribution is 7.92. The summed E-state index contributed by atoms with van der Waals surface area (Å²) < 4.78 is 28.8. The Morgan fingerprint density at radius 1 is 0.941 bits per heavy atom. The fourth-order valence-electron chi connectivity index (χ4n) is 3.68. The van der Waals surface area contributed by atoms with E-state index < -0.39 is 9.84 Å². The predicted molar refractivity (Wildman–Crippen MR) is 135 cm³/mol. The first kappa shape index (κ1) is 22.1. The highest BCUT2D eigenvalue weighted by atomic mass is 35.5. The maximum Gasteiger partial charge on any atom is 0.212 e. The van der Waals surface area contributed by atoms with Crippen LogP contribution in [0.25, 0.3) is 22.2 Å². The Bertz CT molecular complexity index is 1710. The highest BCUT2D eigenvalue weighted by Gasteiger charge is 2.30. The average molecular weight is 490 g/mol. The fraction of sp³-hybridized carbons (Fsp3) is 0.0800. The zero-order valence-electron chi connectivity index (χ0n) is 18.4. The van der Waals surface area contributed by atoms with Crippen molar-refractivity contribution in [1.29, 1.82) is 0 Å². The molecule has 0 bridgehead atoms. The number of para-hydroxylation sites is 2. The van der Waals surface area contributed by atoms with Crippen molar-refractivity contribution in [3.05, 3.63) is 88.4 Å². The first-order valence-corrected chi connectivity index (χ1v) is 12.3. The van der Waals surface area contributed by atoms with E-state index in [4.69, 9.17) is 17.3 Å². The molecule has 0 amide bonds. The van der Waals surface area contributed by atoms with Crippen molar-refractivity contribution >= 4 is 55.7 Å². The highest BCUT2D eigenvalue weighted by Crippen LogP contribution is 2.35. The van der Waals surface area contributed by atoms with E-state index in [0.29, 0.717) is 16.1 Å². The Morgan fingerprint density at radius 2 is 1.62 bits per heavy atom. The lowest BCUT2D eigenvalue weighted by Gasteiger charge is -2.07. The van der Waals surface area contributed by atoms with E-state index in [1.807, 2.05) is 26.0 Å². The fourth-order valence-corrected chi connectivity index (χ4v) is 5.37. The molecule has 2 N–H and O–H groups in total. The van der Waals surface area contributed by atoms with Crippen molar-refractivity contribution in [3.8, 4) is 0 Å². The zero-order valence-corrected chi connectivity index (χ0v) is 20.0. The normalized spacial score (nSPS) is 12.2. The molecule has 0 aliphatic rings. The molecule has 170 valence electrons. The minimum absolute atomic E-state index is 0.0613. The van der Waals surface area contributed by atoms with E-state index in [1.54, 1.807) is 60.8 Å². The Labute approximate surface area is 201 Å². The number of hydrogen-bond donors (Lipinski definition) is 1. The van der Waals surface area contributed by atoms with Gasteiger partial charge < -0.3 is 5.73 Å². The van der Waals surface area contributed by atoms with Gasteiger partial charge in [0, 0.05) is 5.02 Å². The molecule has 5 aromatic rings. The number of fused-ring (bicyclic) bond motifs is 2. The number of anilines is 1. The Kier molecular flexibility index (Phi) is 5.34. The quantitative estimate of drug-likeness (QED) is 0.351. The van der Waals surface area contributed by atoms with Gasteiger partial charge >= 0.3 is 0 Å². The topological polar surface area (TPSA) is 103 Å². The van der Waals surface area contributed by atoms with Gasteiger partial charge in [-0.3, -0.25) is 0 Å². The number of aromatic nitrogens is 3. The molecule has 0 unspecified atom stereocenters. The maximum atomic E-state index is 13.8. The van der Waals surface area contributed by atoms with Crippen LogP contribution in [0.5, 0.6) is 0 Å². The third kappa shape index (κ3) is 3.70. The molecule has 34 heavy (non-hydrogen) atoms. The van der Waals surface area contributed by atoms with E-state index >= 15 is 0 Å². The summed E-state index contributed by atoms with van der Waals surface area (Å²) in [6.45, 7) is 3.79. The van der Waals surface area contributed by atoms with Crippen molar-refractivity contribution < 1.29 is 8.42 Å². The summed E-state index contributed by atoms with van der Waals surface area (Å²) in [5.41, 5.74) is 10.6. The van der Waals surface area contributed by atoms with Gasteiger partial charge in [0.25, 0.3) is 0 Å². The van der Waals surface area contributed by atoms with Crippen LogP contribution in [0.4, 0.5) is 5.82 Å². The van der Waals surface area contributed by atoms with E-state index in [2.05, 4.69) is 15.1 Å². The van der Waals surface area contributed by atoms with Gasteiger partial charge in [-0.25, -0.2) is 18.4 Å². The van der Waals surface area contributed by atoms with Crippen LogP contribution in [0.1, 0.15) is 16.7 Å². The molecule has 0 saturated heterocycles. The molecular formula is C25H20ClN5O2S. The molecular weight excluding hydrogens is 470 g/mol. The molecule has 0 radical (unpaired) electrons. The number of halogens is 1. The number of aryl methyl sites for hydroxylation is 2. The van der Waals surface area contributed by atoms with Crippen LogP contribution < -0.4 is 5.73 Å². The van der Waals surface area contributed by atoms with Gasteiger partial charge in [0.05, 0.1) is 22.1 Å². The number of nitrogens with zero attached hydrogens (tertiary/aromatic N) is 4. The van der Waals surface area contributed by atoms with Crippen LogP contribution in [0, 0.1) is 13.8 Å². The third-order valence-corrected chi connectivity index (χ3v) is 7.74. The van der Waals surface area contributed by atoms with Gasteiger partial charge in [-0.1, -0.05) is 41.9 Å². The molecule has 2 aromatic heterocycles. The molecule has 0 aliphatic heterocycles. The number of nitrogen functional groups attached to an aromatic ring is 1. The lowest BCUT2D eigenvalue weighted by molar-refractivity contribution is 0.597. The lowest BCUT2D eigenvalue weighted by Crippen LogP contribution is -2.07. The number of sulfone groups is 1. The lowest BCUT2D eigenvalue weighted by atomic mass is 10.1. The van der Waals surface area contributed by atoms with Crippen molar-refractivity contribution in [2.75, 3.05) is 5.73 Å². The molecule has 7 nitrogen and oxygen atoms in total. The zero-order chi connectivity index (χ0) is 24.0. The maximum absolute atomic E-state index is 13.8. The van der Waals surface area contributed by atoms with Crippen LogP contribution in [0.3, 0.4) is 0 Å². The molecule has 3 aromatic carbocycles. The summed E-state index contributed by atoms with van der Waals surface area (Å²) in [4.78, 5) is 9.29. The summed E-state index contributed by atoms with van der Waals surface area (Å²) in [7, 11) is -4.01. The van der Waals surface area contributed by atoms with Gasteiger partial charge in [-0.2, -0.15) is 9.78 Å². The largest absolute Gasteiger partial charge is 0.382 e. The molecule has 2 heterocycles. The molecule has 0 aliphatic carbocycles. The molecule has 0 saturated carbocycles. The van der Waals surface area contributed by atoms with E-state index in [1.165, 1.54) is 4.68 Å². The Hall–Kier alpha value is -3.75. The van der Waals surface area contributed by atoms with Crippen molar-refractivity contribution in [3.63, 3.8) is 0 Å². The van der Waals surface area contributed by atoms with Crippen LogP contribution in [-0.4, -0.2) is 29.3 Å². The Balaban J connectivity index is 1.79. The molecule has 0 fully saturated rings. The number of hydrogen-bond acceptors (Lipinski definition) is 6. The number of nitrogens with two attached hydrogens (primary N) is 1. The summed E-state index contributed by atoms with van der Waals surface area (Å²) in [6.07, 6.45) is 1.56. The van der Waals surface area contributed by atoms with Crippen molar-refractivity contribution in [2.45, 2.75) is 23.6 Å². The standard InChI is InChI=1S/C25H20ClN5O2S/c1-15-7-12-19(13-16(15)2)34(32,33)23-22-25(30-21-6-4-3-5-20(21)29-22)31(24(23)27)28-14-17-8-10-18(26)11-9-17/h3-14H,27H2,1-2H3/b28-14-. The van der Waals surface area contributed by atoms with Crippen molar-refractivity contribution in [2.24, 2.45) is 5.10 Å². The molecule has 0 spiro atoms. The second-order valence-electron chi connectivity index (χ2n) is 7.96. The van der Waals surface area contributed by atoms with E-state index in [9.17, 15) is 8.42 Å². The van der Waals surface area contributed by atoms with Gasteiger partial charge in [0.2, 0.25) is 9.84 Å². The number of rotatable bonds is 4. The second-order valence-corrected chi connectivity index (χ2v) is 10.3. The van der Waals surface area contributed by atoms with Crippen LogP contribution in [0.2, 0.25) is 5.02 Å². The van der Waals surface area contributed by atoms with Gasteiger partial charge in [-0.15, -0.1) is 0 Å². The minimum atomic E-state index is -4.01. The van der Waals surface area contributed by atoms with E-state index in [0.717, 1.165) is 16.7 Å². The molecule has 5 rings (SSSR count). The smallest absolute Gasteiger partial charge is 0.212 e. The SMILES string of the molecule is Cc1ccc(S(=O)(=O)c2c(N)n(/N=C\c3ccc(Cl)cc3)c3nc4ccccc4nc23)cc1C. The second kappa shape index (κ2) is 8.23. The predicted octanol–water partition coefficient (Wildman–Crippen LogP) is 5.15. The van der Waals surface area contributed by atoms with Crippen LogP contribution in [0.15, 0.2) is 81.6 Å². The first-order valence-electron chi connectivity index (χ1n) is 10.4. The summed E-state index contributed by atoms with van der Waals surface area (Å²) in [5, 5.41) is 5.06. The van der Waals surface area contributed by atoms with Crippen LogP contribution in [-0.2, 0) is 9.84 Å². The molecule has 9 heteroatoms. The minimum Gasteiger partial charge on any atom is -0.382 e. The average Bonchev–Trinajstić information content (AvgIpc) is 3.09. The summed E-state index contributed by atoms with van der Waals surface area (Å²) in [5.74, 6) is -0.0613. The monoisotopic (exact) mass is 489 g/mol. The van der Waals surface area contributed by atoms with Gasteiger partial charge in [0.15, 0.2) is 5.65 Å². The first-order chi connectivity index (χ1) is 16.3. The van der Waals surface area contributed by atoms with Crippen molar-refractivity contribution in [1.82, 2.24) is 14.6 Å². The van der Waals surface area contributed by atoms with Crippen LogP contribution >= 0.6 is 11.6 Å². The van der Waals surface area contributed by atoms with Gasteiger partial charge in [-0.05, 0) is 66.9 Å².